The molecule has 3 rings (SSSR count). The number of para-hydroxylation sites is 1. The maximum atomic E-state index is 5.82. The van der Waals surface area contributed by atoms with Crippen LogP contribution in [0.4, 0.5) is 0 Å². The van der Waals surface area contributed by atoms with Crippen molar-refractivity contribution in [1.82, 2.24) is 9.88 Å². The van der Waals surface area contributed by atoms with Gasteiger partial charge in [0.25, 0.3) is 0 Å². The monoisotopic (exact) mass is 288 g/mol. The zero-order valence-corrected chi connectivity index (χ0v) is 12.5. The number of rotatable bonds is 5. The highest BCUT2D eigenvalue weighted by Gasteiger charge is 2.24. The van der Waals surface area contributed by atoms with Crippen LogP contribution in [0.5, 0.6) is 0 Å². The minimum absolute atomic E-state index is 0.696. The fourth-order valence-corrected chi connectivity index (χ4v) is 3.30. The molecule has 1 fully saturated rings. The number of pyridine rings is 1. The zero-order chi connectivity index (χ0) is 13.8. The van der Waals surface area contributed by atoms with Crippen molar-refractivity contribution in [3.63, 3.8) is 0 Å². The molecule has 20 heavy (non-hydrogen) atoms. The third-order valence-corrected chi connectivity index (χ3v) is 4.46. The molecule has 1 aromatic heterocycles. The van der Waals surface area contributed by atoms with Crippen molar-refractivity contribution in [1.29, 1.82) is 0 Å². The molecule has 0 amide bonds. The van der Waals surface area contributed by atoms with Crippen molar-refractivity contribution >= 4 is 22.5 Å². The molecule has 1 saturated heterocycles. The van der Waals surface area contributed by atoms with Crippen molar-refractivity contribution in [3.05, 3.63) is 42.1 Å². The maximum Gasteiger partial charge on any atom is 0.0705 e. The molecular formula is C17H21ClN2. The minimum atomic E-state index is 0.696. The lowest BCUT2D eigenvalue weighted by Crippen LogP contribution is -2.29. The average molecular weight is 289 g/mol. The zero-order valence-electron chi connectivity index (χ0n) is 11.8. The Labute approximate surface area is 125 Å². The summed E-state index contributed by atoms with van der Waals surface area (Å²) in [5.41, 5.74) is 2.28. The molecule has 0 radical (unpaired) electrons. The van der Waals surface area contributed by atoms with E-state index >= 15 is 0 Å². The number of hydrogen-bond acceptors (Lipinski definition) is 2. The van der Waals surface area contributed by atoms with Gasteiger partial charge >= 0.3 is 0 Å². The summed E-state index contributed by atoms with van der Waals surface area (Å²) in [6.07, 6.45) is 4.95. The number of benzene rings is 1. The van der Waals surface area contributed by atoms with Crippen LogP contribution in [0.15, 0.2) is 36.4 Å². The SMILES string of the molecule is ClCCCC1CCCN1Cc1ccc2ccccc2n1. The van der Waals surface area contributed by atoms with Gasteiger partial charge in [-0.1, -0.05) is 24.3 Å². The third kappa shape index (κ3) is 3.13. The molecule has 2 heterocycles. The lowest BCUT2D eigenvalue weighted by molar-refractivity contribution is 0.231. The molecule has 0 bridgehead atoms. The van der Waals surface area contributed by atoms with Gasteiger partial charge in [-0.25, -0.2) is 0 Å². The molecule has 0 aliphatic carbocycles. The predicted molar refractivity (Wildman–Crippen MR) is 85.1 cm³/mol. The summed E-state index contributed by atoms with van der Waals surface area (Å²) in [4.78, 5) is 7.36. The summed E-state index contributed by atoms with van der Waals surface area (Å²) in [5, 5.41) is 1.22. The van der Waals surface area contributed by atoms with Crippen LogP contribution in [0, 0.1) is 0 Å². The molecule has 106 valence electrons. The van der Waals surface area contributed by atoms with Crippen LogP contribution >= 0.6 is 11.6 Å². The van der Waals surface area contributed by atoms with Gasteiger partial charge in [-0.05, 0) is 44.4 Å². The van der Waals surface area contributed by atoms with Gasteiger partial charge in [0.15, 0.2) is 0 Å². The van der Waals surface area contributed by atoms with Crippen LogP contribution < -0.4 is 0 Å². The van der Waals surface area contributed by atoms with E-state index in [9.17, 15) is 0 Å². The van der Waals surface area contributed by atoms with Crippen LogP contribution in [0.2, 0.25) is 0 Å². The Morgan fingerprint density at radius 1 is 1.20 bits per heavy atom. The fraction of sp³-hybridized carbons (Fsp3) is 0.471. The van der Waals surface area contributed by atoms with Crippen molar-refractivity contribution in [2.75, 3.05) is 12.4 Å². The number of aromatic nitrogens is 1. The predicted octanol–water partition coefficient (Wildman–Crippen LogP) is 4.22. The first-order valence-electron chi connectivity index (χ1n) is 7.51. The highest BCUT2D eigenvalue weighted by atomic mass is 35.5. The van der Waals surface area contributed by atoms with Gasteiger partial charge in [0, 0.05) is 23.9 Å². The first-order valence-corrected chi connectivity index (χ1v) is 8.05. The van der Waals surface area contributed by atoms with Gasteiger partial charge in [0.1, 0.15) is 0 Å². The first-order chi connectivity index (χ1) is 9.86. The summed E-state index contributed by atoms with van der Waals surface area (Å²) >= 11 is 5.82. The van der Waals surface area contributed by atoms with E-state index in [4.69, 9.17) is 16.6 Å². The molecule has 2 nitrogen and oxygen atoms in total. The average Bonchev–Trinajstić information content (AvgIpc) is 2.92. The van der Waals surface area contributed by atoms with E-state index in [-0.39, 0.29) is 0 Å². The molecule has 0 N–H and O–H groups in total. The minimum Gasteiger partial charge on any atom is -0.295 e. The number of fused-ring (bicyclic) bond motifs is 1. The van der Waals surface area contributed by atoms with Crippen molar-refractivity contribution in [2.45, 2.75) is 38.3 Å². The Bertz CT molecular complexity index is 570. The topological polar surface area (TPSA) is 16.1 Å². The lowest BCUT2D eigenvalue weighted by atomic mass is 10.1. The second kappa shape index (κ2) is 6.55. The largest absolute Gasteiger partial charge is 0.295 e. The Morgan fingerprint density at radius 3 is 3.00 bits per heavy atom. The van der Waals surface area contributed by atoms with Crippen molar-refractivity contribution < 1.29 is 0 Å². The van der Waals surface area contributed by atoms with E-state index in [2.05, 4.69) is 41.3 Å². The summed E-state index contributed by atoms with van der Waals surface area (Å²) in [6, 6.07) is 13.4. The molecule has 0 saturated carbocycles. The molecule has 1 aromatic carbocycles. The number of alkyl halides is 1. The Morgan fingerprint density at radius 2 is 2.10 bits per heavy atom. The highest BCUT2D eigenvalue weighted by Crippen LogP contribution is 2.24. The molecule has 1 aliphatic rings. The molecule has 1 atom stereocenters. The molecule has 2 aromatic rings. The van der Waals surface area contributed by atoms with Gasteiger partial charge < -0.3 is 0 Å². The quantitative estimate of drug-likeness (QED) is 0.766. The van der Waals surface area contributed by atoms with Crippen LogP contribution in [0.25, 0.3) is 10.9 Å². The first kappa shape index (κ1) is 13.8. The Kier molecular flexibility index (Phi) is 4.54. The number of nitrogens with zero attached hydrogens (tertiary/aromatic N) is 2. The van der Waals surface area contributed by atoms with E-state index in [1.807, 2.05) is 0 Å². The van der Waals surface area contributed by atoms with E-state index in [1.165, 1.54) is 36.9 Å². The summed E-state index contributed by atoms with van der Waals surface area (Å²) < 4.78 is 0. The summed E-state index contributed by atoms with van der Waals surface area (Å²) in [6.45, 7) is 2.17. The smallest absolute Gasteiger partial charge is 0.0705 e. The van der Waals surface area contributed by atoms with Gasteiger partial charge in [0.2, 0.25) is 0 Å². The van der Waals surface area contributed by atoms with Gasteiger partial charge in [0.05, 0.1) is 11.2 Å². The van der Waals surface area contributed by atoms with Gasteiger partial charge in [-0.3, -0.25) is 9.88 Å². The molecule has 3 heteroatoms. The van der Waals surface area contributed by atoms with Gasteiger partial charge in [-0.2, -0.15) is 0 Å². The van der Waals surface area contributed by atoms with Crippen LogP contribution in [0.3, 0.4) is 0 Å². The van der Waals surface area contributed by atoms with E-state index < -0.39 is 0 Å². The van der Waals surface area contributed by atoms with Crippen molar-refractivity contribution in [2.24, 2.45) is 0 Å². The highest BCUT2D eigenvalue weighted by molar-refractivity contribution is 6.17. The maximum absolute atomic E-state index is 5.82. The fourth-order valence-electron chi connectivity index (χ4n) is 3.15. The van der Waals surface area contributed by atoms with Crippen LogP contribution in [0.1, 0.15) is 31.4 Å². The number of hydrogen-bond donors (Lipinski definition) is 0. The lowest BCUT2D eigenvalue weighted by Gasteiger charge is -2.23. The van der Waals surface area contributed by atoms with Crippen LogP contribution in [-0.2, 0) is 6.54 Å². The molecule has 1 aliphatic heterocycles. The Balaban J connectivity index is 1.71. The Hall–Kier alpha value is -1.12. The second-order valence-electron chi connectivity index (χ2n) is 5.59. The number of likely N-dealkylation sites (tertiary alicyclic amines) is 1. The third-order valence-electron chi connectivity index (χ3n) is 4.19. The van der Waals surface area contributed by atoms with E-state index in [0.717, 1.165) is 24.4 Å². The summed E-state index contributed by atoms with van der Waals surface area (Å²) in [7, 11) is 0. The molecule has 0 spiro atoms. The number of halogens is 1. The van der Waals surface area contributed by atoms with E-state index in [0.29, 0.717) is 6.04 Å². The van der Waals surface area contributed by atoms with E-state index in [1.54, 1.807) is 0 Å². The molecule has 1 unspecified atom stereocenters. The molecular weight excluding hydrogens is 268 g/mol. The standard InChI is InChI=1S/C17H21ClN2/c18-11-3-6-16-7-4-12-20(16)13-15-10-9-14-5-1-2-8-17(14)19-15/h1-2,5,8-10,16H,3-4,6-7,11-13H2. The normalized spacial score (nSPS) is 19.8. The summed E-state index contributed by atoms with van der Waals surface area (Å²) in [5.74, 6) is 0.776. The second-order valence-corrected chi connectivity index (χ2v) is 5.97. The van der Waals surface area contributed by atoms with Crippen LogP contribution in [-0.4, -0.2) is 28.4 Å². The van der Waals surface area contributed by atoms with Crippen molar-refractivity contribution in [3.8, 4) is 0 Å². The van der Waals surface area contributed by atoms with Gasteiger partial charge in [-0.15, -0.1) is 11.6 Å².